The molecule has 2 aliphatic rings. The highest BCUT2D eigenvalue weighted by Gasteiger charge is 2.21. The molecule has 0 spiro atoms. The largest absolute Gasteiger partial charge is 0.478 e. The third-order valence-corrected chi connectivity index (χ3v) is 3.32. The first-order valence-electron chi connectivity index (χ1n) is 5.90. The van der Waals surface area contributed by atoms with Crippen LogP contribution in [0.25, 0.3) is 12.3 Å². The standard InChI is InChI=1S/C15H13NO2/c17-15(18)12-6-5-11-7-10-3-1-2-4-13(10)9-16-14(11)8-12/h1-9,11,14,16H,(H,17,18). The first kappa shape index (κ1) is 10.8. The van der Waals surface area contributed by atoms with Crippen molar-refractivity contribution in [2.24, 2.45) is 5.92 Å². The molecule has 1 aliphatic carbocycles. The van der Waals surface area contributed by atoms with Gasteiger partial charge in [-0.1, -0.05) is 42.5 Å². The van der Waals surface area contributed by atoms with Gasteiger partial charge in [0.05, 0.1) is 11.6 Å². The van der Waals surface area contributed by atoms with Crippen LogP contribution >= 0.6 is 0 Å². The van der Waals surface area contributed by atoms with Crippen LogP contribution in [0.2, 0.25) is 0 Å². The van der Waals surface area contributed by atoms with Gasteiger partial charge < -0.3 is 10.4 Å². The zero-order valence-electron chi connectivity index (χ0n) is 9.71. The zero-order chi connectivity index (χ0) is 12.5. The predicted octanol–water partition coefficient (Wildman–Crippen LogP) is 0.374. The molecule has 1 heterocycles. The van der Waals surface area contributed by atoms with E-state index >= 15 is 0 Å². The maximum atomic E-state index is 11.0. The van der Waals surface area contributed by atoms with E-state index in [1.807, 2.05) is 30.5 Å². The molecule has 18 heavy (non-hydrogen) atoms. The number of aliphatic carboxylic acids is 1. The van der Waals surface area contributed by atoms with Crippen molar-refractivity contribution in [3.05, 3.63) is 58.5 Å². The molecular formula is C15H13NO2. The molecule has 3 nitrogen and oxygen atoms in total. The van der Waals surface area contributed by atoms with Crippen molar-refractivity contribution in [2.75, 3.05) is 0 Å². The van der Waals surface area contributed by atoms with E-state index in [4.69, 9.17) is 5.11 Å². The molecule has 0 bridgehead atoms. The van der Waals surface area contributed by atoms with Crippen molar-refractivity contribution < 1.29 is 9.90 Å². The van der Waals surface area contributed by atoms with E-state index in [9.17, 15) is 4.79 Å². The number of hydrogen-bond acceptors (Lipinski definition) is 2. The molecule has 0 amide bonds. The van der Waals surface area contributed by atoms with Gasteiger partial charge in [-0.15, -0.1) is 0 Å². The minimum absolute atomic E-state index is 0.00787. The fraction of sp³-hybridized carbons (Fsp3) is 0.133. The number of rotatable bonds is 1. The topological polar surface area (TPSA) is 49.3 Å². The molecule has 2 N–H and O–H groups in total. The first-order valence-corrected chi connectivity index (χ1v) is 5.90. The van der Waals surface area contributed by atoms with Gasteiger partial charge in [0.1, 0.15) is 0 Å². The summed E-state index contributed by atoms with van der Waals surface area (Å²) in [7, 11) is 0. The van der Waals surface area contributed by atoms with Gasteiger partial charge in [0.15, 0.2) is 0 Å². The summed E-state index contributed by atoms with van der Waals surface area (Å²) < 4.78 is 0. The smallest absolute Gasteiger partial charge is 0.335 e. The summed E-state index contributed by atoms with van der Waals surface area (Å²) in [5.41, 5.74) is 0.344. The van der Waals surface area contributed by atoms with Crippen LogP contribution < -0.4 is 15.8 Å². The quantitative estimate of drug-likeness (QED) is 0.744. The summed E-state index contributed by atoms with van der Waals surface area (Å²) >= 11 is 0. The van der Waals surface area contributed by atoms with Crippen molar-refractivity contribution >= 4 is 18.2 Å². The number of carbonyl (C=O) groups is 1. The van der Waals surface area contributed by atoms with Crippen molar-refractivity contribution in [3.63, 3.8) is 0 Å². The van der Waals surface area contributed by atoms with Crippen LogP contribution in [0.5, 0.6) is 0 Å². The van der Waals surface area contributed by atoms with Gasteiger partial charge in [0.25, 0.3) is 0 Å². The van der Waals surface area contributed by atoms with Crippen LogP contribution in [-0.2, 0) is 4.79 Å². The number of hydrogen-bond donors (Lipinski definition) is 2. The van der Waals surface area contributed by atoms with Gasteiger partial charge in [0.2, 0.25) is 0 Å². The lowest BCUT2D eigenvalue weighted by atomic mass is 9.91. The Labute approximate surface area is 104 Å². The van der Waals surface area contributed by atoms with E-state index in [1.54, 1.807) is 12.2 Å². The summed E-state index contributed by atoms with van der Waals surface area (Å²) in [5.74, 6) is -0.693. The fourth-order valence-electron chi connectivity index (χ4n) is 2.34. The Kier molecular flexibility index (Phi) is 2.52. The number of carboxylic acids is 1. The van der Waals surface area contributed by atoms with Crippen LogP contribution in [0.15, 0.2) is 48.1 Å². The third-order valence-electron chi connectivity index (χ3n) is 3.32. The van der Waals surface area contributed by atoms with E-state index in [-0.39, 0.29) is 12.0 Å². The van der Waals surface area contributed by atoms with Gasteiger partial charge in [-0.3, -0.25) is 0 Å². The van der Waals surface area contributed by atoms with E-state index in [0.717, 1.165) is 5.22 Å². The Bertz CT molecular complexity index is 670. The van der Waals surface area contributed by atoms with Crippen LogP contribution in [0.1, 0.15) is 0 Å². The first-order chi connectivity index (χ1) is 8.74. The lowest BCUT2D eigenvalue weighted by molar-refractivity contribution is -0.132. The SMILES string of the molecule is O=C(O)C1=CC2NC=c3ccccc3=CC2C=C1. The highest BCUT2D eigenvalue weighted by Crippen LogP contribution is 2.19. The predicted molar refractivity (Wildman–Crippen MR) is 69.9 cm³/mol. The fourth-order valence-corrected chi connectivity index (χ4v) is 2.34. The maximum absolute atomic E-state index is 11.0. The zero-order valence-corrected chi connectivity index (χ0v) is 9.71. The van der Waals surface area contributed by atoms with Gasteiger partial charge >= 0.3 is 5.97 Å². The number of fused-ring (bicyclic) bond motifs is 2. The number of carboxylic acid groups (broad SMARTS) is 1. The summed E-state index contributed by atoms with van der Waals surface area (Å²) in [6, 6.07) is 8.12. The molecule has 0 radical (unpaired) electrons. The molecule has 2 unspecified atom stereocenters. The minimum Gasteiger partial charge on any atom is -0.478 e. The molecule has 0 fully saturated rings. The lowest BCUT2D eigenvalue weighted by Gasteiger charge is -2.22. The minimum atomic E-state index is -0.881. The second-order valence-electron chi connectivity index (χ2n) is 4.50. The molecule has 2 atom stereocenters. The van der Waals surface area contributed by atoms with E-state index < -0.39 is 5.97 Å². The van der Waals surface area contributed by atoms with Crippen LogP contribution in [-0.4, -0.2) is 17.1 Å². The second-order valence-corrected chi connectivity index (χ2v) is 4.50. The monoisotopic (exact) mass is 239 g/mol. The Morgan fingerprint density at radius 1 is 1.17 bits per heavy atom. The summed E-state index contributed by atoms with van der Waals surface area (Å²) in [4.78, 5) is 11.0. The Balaban J connectivity index is 2.07. The molecule has 3 rings (SSSR count). The van der Waals surface area contributed by atoms with Crippen molar-refractivity contribution in [1.29, 1.82) is 0 Å². The molecule has 3 heteroatoms. The van der Waals surface area contributed by atoms with E-state index in [1.165, 1.54) is 5.22 Å². The highest BCUT2D eigenvalue weighted by molar-refractivity contribution is 5.90. The molecule has 0 saturated heterocycles. The van der Waals surface area contributed by atoms with Crippen molar-refractivity contribution in [1.82, 2.24) is 5.32 Å². The van der Waals surface area contributed by atoms with E-state index in [2.05, 4.69) is 17.5 Å². The van der Waals surface area contributed by atoms with Gasteiger partial charge in [-0.2, -0.15) is 0 Å². The van der Waals surface area contributed by atoms with Crippen molar-refractivity contribution in [2.45, 2.75) is 6.04 Å². The molecule has 1 aromatic carbocycles. The van der Waals surface area contributed by atoms with Crippen LogP contribution in [0.3, 0.4) is 0 Å². The molecule has 0 saturated carbocycles. The average molecular weight is 239 g/mol. The Morgan fingerprint density at radius 3 is 2.72 bits per heavy atom. The molecule has 0 aromatic heterocycles. The number of benzene rings is 1. The normalized spacial score (nSPS) is 24.3. The molecule has 1 aliphatic heterocycles. The lowest BCUT2D eigenvalue weighted by Crippen LogP contribution is -2.31. The molecule has 90 valence electrons. The maximum Gasteiger partial charge on any atom is 0.335 e. The van der Waals surface area contributed by atoms with Gasteiger partial charge in [-0.05, 0) is 16.5 Å². The average Bonchev–Trinajstić information content (AvgIpc) is 2.56. The van der Waals surface area contributed by atoms with Gasteiger partial charge in [0, 0.05) is 12.1 Å². The third kappa shape index (κ3) is 1.84. The van der Waals surface area contributed by atoms with E-state index in [0.29, 0.717) is 5.57 Å². The molecular weight excluding hydrogens is 226 g/mol. The number of nitrogens with one attached hydrogen (secondary N) is 1. The summed E-state index contributed by atoms with van der Waals surface area (Å²) in [6.07, 6.45) is 9.51. The highest BCUT2D eigenvalue weighted by atomic mass is 16.4. The summed E-state index contributed by atoms with van der Waals surface area (Å²) in [5, 5.41) is 14.6. The van der Waals surface area contributed by atoms with Crippen molar-refractivity contribution in [3.8, 4) is 0 Å². The summed E-state index contributed by atoms with van der Waals surface area (Å²) in [6.45, 7) is 0. The van der Waals surface area contributed by atoms with Crippen LogP contribution in [0.4, 0.5) is 0 Å². The van der Waals surface area contributed by atoms with Crippen LogP contribution in [0, 0.1) is 5.92 Å². The Hall–Kier alpha value is -2.29. The molecule has 1 aromatic rings. The second kappa shape index (κ2) is 4.18. The van der Waals surface area contributed by atoms with Gasteiger partial charge in [-0.25, -0.2) is 4.79 Å². The Morgan fingerprint density at radius 2 is 1.94 bits per heavy atom.